The summed E-state index contributed by atoms with van der Waals surface area (Å²) >= 11 is 1.18. The van der Waals surface area contributed by atoms with Gasteiger partial charge in [-0.2, -0.15) is 0 Å². The molecule has 1 saturated heterocycles. The molecule has 0 bridgehead atoms. The van der Waals surface area contributed by atoms with E-state index in [0.717, 1.165) is 5.56 Å². The van der Waals surface area contributed by atoms with E-state index in [9.17, 15) is 17.6 Å². The minimum Gasteiger partial charge on any atom is -0.494 e. The minimum absolute atomic E-state index is 0.00390. The van der Waals surface area contributed by atoms with Crippen LogP contribution in [0.2, 0.25) is 0 Å². The van der Waals surface area contributed by atoms with Crippen LogP contribution in [0.3, 0.4) is 0 Å². The van der Waals surface area contributed by atoms with Gasteiger partial charge in [0.1, 0.15) is 4.21 Å². The van der Waals surface area contributed by atoms with E-state index < -0.39 is 15.8 Å². The Hall–Kier alpha value is -1.97. The van der Waals surface area contributed by atoms with E-state index in [1.807, 2.05) is 0 Å². The second-order valence-corrected chi connectivity index (χ2v) is 9.57. The Morgan fingerprint density at radius 2 is 2.07 bits per heavy atom. The summed E-state index contributed by atoms with van der Waals surface area (Å²) in [6, 6.07) is 7.80. The van der Waals surface area contributed by atoms with Gasteiger partial charge < -0.3 is 9.64 Å². The molecule has 1 N–H and O–H groups in total. The molecule has 1 aliphatic heterocycles. The monoisotopic (exact) mass is 426 g/mol. The number of aryl methyl sites for hydroxylation is 1. The predicted molar refractivity (Wildman–Crippen MR) is 106 cm³/mol. The van der Waals surface area contributed by atoms with Crippen LogP contribution >= 0.6 is 11.3 Å². The van der Waals surface area contributed by atoms with E-state index in [1.165, 1.54) is 24.5 Å². The molecule has 1 aliphatic rings. The van der Waals surface area contributed by atoms with Gasteiger partial charge in [0, 0.05) is 25.6 Å². The van der Waals surface area contributed by atoms with Crippen molar-refractivity contribution in [2.75, 3.05) is 20.2 Å². The standard InChI is InChI=1S/C19H23FN2O4S2/c1-26-17-6-4-14(13-16(17)20)5-7-18(23)22-10-8-15(9-11-22)21-28(24,25)19-3-2-12-27-19/h2-4,6,12-13,15,21H,5,7-11H2,1H3. The summed E-state index contributed by atoms with van der Waals surface area (Å²) in [4.78, 5) is 14.2. The molecule has 152 valence electrons. The fourth-order valence-electron chi connectivity index (χ4n) is 3.22. The Morgan fingerprint density at radius 1 is 1.32 bits per heavy atom. The zero-order chi connectivity index (χ0) is 20.1. The fourth-order valence-corrected chi connectivity index (χ4v) is 5.53. The third kappa shape index (κ3) is 5.09. The molecule has 1 aromatic carbocycles. The maximum Gasteiger partial charge on any atom is 0.250 e. The first kappa shape index (κ1) is 20.8. The van der Waals surface area contributed by atoms with Crippen molar-refractivity contribution in [3.63, 3.8) is 0 Å². The summed E-state index contributed by atoms with van der Waals surface area (Å²) < 4.78 is 46.2. The summed E-state index contributed by atoms with van der Waals surface area (Å²) in [5.41, 5.74) is 0.741. The molecule has 1 amide bonds. The Labute approximate surface area is 168 Å². The topological polar surface area (TPSA) is 75.7 Å². The number of nitrogens with one attached hydrogen (secondary N) is 1. The molecule has 2 heterocycles. The number of thiophene rings is 1. The van der Waals surface area contributed by atoms with Gasteiger partial charge >= 0.3 is 0 Å². The third-order valence-corrected chi connectivity index (χ3v) is 7.69. The lowest BCUT2D eigenvalue weighted by atomic mass is 10.0. The van der Waals surface area contributed by atoms with Gasteiger partial charge in [-0.1, -0.05) is 12.1 Å². The molecule has 3 rings (SSSR count). The van der Waals surface area contributed by atoms with Gasteiger partial charge in [0.2, 0.25) is 15.9 Å². The first-order valence-electron chi connectivity index (χ1n) is 9.05. The van der Waals surface area contributed by atoms with Gasteiger partial charge in [-0.3, -0.25) is 4.79 Å². The number of ether oxygens (including phenoxy) is 1. The summed E-state index contributed by atoms with van der Waals surface area (Å²) in [6.07, 6.45) is 1.89. The van der Waals surface area contributed by atoms with Crippen molar-refractivity contribution >= 4 is 27.3 Å². The molecule has 0 unspecified atom stereocenters. The molecular weight excluding hydrogens is 403 g/mol. The van der Waals surface area contributed by atoms with Crippen LogP contribution in [0.5, 0.6) is 5.75 Å². The number of carbonyl (C=O) groups excluding carboxylic acids is 1. The maximum absolute atomic E-state index is 13.7. The Bertz CT molecular complexity index is 908. The molecular formula is C19H23FN2O4S2. The van der Waals surface area contributed by atoms with Crippen LogP contribution in [0.25, 0.3) is 0 Å². The number of piperidine rings is 1. The van der Waals surface area contributed by atoms with Gasteiger partial charge in [0.05, 0.1) is 7.11 Å². The zero-order valence-electron chi connectivity index (χ0n) is 15.6. The van der Waals surface area contributed by atoms with Crippen molar-refractivity contribution in [2.45, 2.75) is 35.9 Å². The molecule has 0 aliphatic carbocycles. The maximum atomic E-state index is 13.7. The van der Waals surface area contributed by atoms with Crippen molar-refractivity contribution in [3.05, 3.63) is 47.1 Å². The van der Waals surface area contributed by atoms with Gasteiger partial charge in [0.15, 0.2) is 11.6 Å². The quantitative estimate of drug-likeness (QED) is 0.739. The van der Waals surface area contributed by atoms with Crippen LogP contribution in [-0.2, 0) is 21.2 Å². The smallest absolute Gasteiger partial charge is 0.250 e. The lowest BCUT2D eigenvalue weighted by Crippen LogP contribution is -2.46. The summed E-state index contributed by atoms with van der Waals surface area (Å²) in [7, 11) is -2.08. The number of hydrogen-bond donors (Lipinski definition) is 1. The van der Waals surface area contributed by atoms with Crippen LogP contribution in [0, 0.1) is 5.82 Å². The van der Waals surface area contributed by atoms with Crippen molar-refractivity contribution in [3.8, 4) is 5.75 Å². The van der Waals surface area contributed by atoms with Crippen LogP contribution < -0.4 is 9.46 Å². The summed E-state index contributed by atoms with van der Waals surface area (Å²) in [5, 5.41) is 1.73. The number of hydrogen-bond acceptors (Lipinski definition) is 5. The van der Waals surface area contributed by atoms with Crippen molar-refractivity contribution in [1.82, 2.24) is 9.62 Å². The Balaban J connectivity index is 1.47. The van der Waals surface area contributed by atoms with Gasteiger partial charge in [-0.15, -0.1) is 11.3 Å². The highest BCUT2D eigenvalue weighted by Gasteiger charge is 2.27. The minimum atomic E-state index is -3.49. The molecule has 9 heteroatoms. The number of benzene rings is 1. The van der Waals surface area contributed by atoms with Gasteiger partial charge in [-0.05, 0) is 48.4 Å². The van der Waals surface area contributed by atoms with Crippen molar-refractivity contribution in [2.24, 2.45) is 0 Å². The number of methoxy groups -OCH3 is 1. The van der Waals surface area contributed by atoms with Crippen LogP contribution in [0.1, 0.15) is 24.8 Å². The van der Waals surface area contributed by atoms with Crippen LogP contribution in [0.4, 0.5) is 4.39 Å². The van der Waals surface area contributed by atoms with Gasteiger partial charge in [0.25, 0.3) is 0 Å². The van der Waals surface area contributed by atoms with E-state index in [4.69, 9.17) is 4.74 Å². The number of halogens is 1. The summed E-state index contributed by atoms with van der Waals surface area (Å²) in [5.74, 6) is -0.260. The molecule has 6 nitrogen and oxygen atoms in total. The highest BCUT2D eigenvalue weighted by molar-refractivity contribution is 7.91. The molecule has 0 atom stereocenters. The van der Waals surface area contributed by atoms with E-state index in [-0.39, 0.29) is 24.1 Å². The zero-order valence-corrected chi connectivity index (χ0v) is 17.2. The van der Waals surface area contributed by atoms with E-state index >= 15 is 0 Å². The van der Waals surface area contributed by atoms with E-state index in [1.54, 1.807) is 34.5 Å². The Morgan fingerprint density at radius 3 is 2.68 bits per heavy atom. The van der Waals surface area contributed by atoms with E-state index in [0.29, 0.717) is 36.6 Å². The second-order valence-electron chi connectivity index (χ2n) is 6.68. The second kappa shape index (κ2) is 9.02. The number of carbonyl (C=O) groups is 1. The number of amides is 1. The highest BCUT2D eigenvalue weighted by Crippen LogP contribution is 2.21. The number of likely N-dealkylation sites (tertiary alicyclic amines) is 1. The molecule has 2 aromatic rings. The lowest BCUT2D eigenvalue weighted by Gasteiger charge is -2.32. The van der Waals surface area contributed by atoms with Crippen LogP contribution in [-0.4, -0.2) is 45.5 Å². The molecule has 28 heavy (non-hydrogen) atoms. The average Bonchev–Trinajstić information content (AvgIpc) is 3.22. The lowest BCUT2D eigenvalue weighted by molar-refractivity contribution is -0.132. The largest absolute Gasteiger partial charge is 0.494 e. The third-order valence-electron chi connectivity index (χ3n) is 4.77. The normalized spacial score (nSPS) is 15.6. The van der Waals surface area contributed by atoms with Crippen molar-refractivity contribution < 1.29 is 22.3 Å². The molecule has 0 saturated carbocycles. The number of rotatable bonds is 7. The molecule has 0 spiro atoms. The Kier molecular flexibility index (Phi) is 6.69. The number of nitrogens with zero attached hydrogens (tertiary/aromatic N) is 1. The SMILES string of the molecule is COc1ccc(CCC(=O)N2CCC(NS(=O)(=O)c3cccs3)CC2)cc1F. The molecule has 1 fully saturated rings. The summed E-state index contributed by atoms with van der Waals surface area (Å²) in [6.45, 7) is 1.01. The molecule has 1 aromatic heterocycles. The average molecular weight is 427 g/mol. The molecule has 0 radical (unpaired) electrons. The van der Waals surface area contributed by atoms with E-state index in [2.05, 4.69) is 4.72 Å². The predicted octanol–water partition coefficient (Wildman–Crippen LogP) is 2.80. The first-order valence-corrected chi connectivity index (χ1v) is 11.4. The van der Waals surface area contributed by atoms with Crippen LogP contribution in [0.15, 0.2) is 39.9 Å². The number of sulfonamides is 1. The van der Waals surface area contributed by atoms with Crippen molar-refractivity contribution in [1.29, 1.82) is 0 Å². The van der Waals surface area contributed by atoms with Gasteiger partial charge in [-0.25, -0.2) is 17.5 Å². The highest BCUT2D eigenvalue weighted by atomic mass is 32.2. The fraction of sp³-hybridized carbons (Fsp3) is 0.421. The first-order chi connectivity index (χ1) is 13.4.